The number of halogens is 2. The third kappa shape index (κ3) is 3.08. The Kier molecular flexibility index (Phi) is 4.21. The van der Waals surface area contributed by atoms with Gasteiger partial charge < -0.3 is 4.48 Å². The van der Waals surface area contributed by atoms with Gasteiger partial charge in [-0.1, -0.05) is 35.3 Å². The number of aromatic nitrogens is 1. The lowest BCUT2D eigenvalue weighted by molar-refractivity contribution is -0.939. The van der Waals surface area contributed by atoms with Gasteiger partial charge >= 0.3 is 0 Å². The number of hydrogen-bond acceptors (Lipinski definition) is 1. The first-order chi connectivity index (χ1) is 10.1. The van der Waals surface area contributed by atoms with Crippen LogP contribution in [0.4, 0.5) is 0 Å². The summed E-state index contributed by atoms with van der Waals surface area (Å²) in [6.45, 7) is 2.09. The summed E-state index contributed by atoms with van der Waals surface area (Å²) in [5.41, 5.74) is 2.49. The fourth-order valence-corrected chi connectivity index (χ4v) is 3.91. The minimum atomic E-state index is 0.491. The maximum Gasteiger partial charge on any atom is 0.116 e. The van der Waals surface area contributed by atoms with Crippen molar-refractivity contribution in [3.8, 4) is 0 Å². The van der Waals surface area contributed by atoms with Crippen molar-refractivity contribution >= 4 is 23.2 Å². The Morgan fingerprint density at radius 3 is 2.86 bits per heavy atom. The molecule has 1 aromatic carbocycles. The van der Waals surface area contributed by atoms with Crippen LogP contribution in [-0.4, -0.2) is 23.1 Å². The molecule has 0 bridgehead atoms. The Hall–Kier alpha value is -1.09. The molecule has 2 aromatic rings. The standard InChI is InChI=1S/C17H19Cl2N2/c1-21(12-14-6-7-15(18)10-16(14)19)9-3-5-17(21)13-4-2-8-20-11-13/h2,4,6-8,10-11,17H,3,5,9,12H2,1H3/q+1/t17-,21?/m0/s1. The van der Waals surface area contributed by atoms with Crippen LogP contribution in [0.1, 0.15) is 30.0 Å². The Bertz CT molecular complexity index is 630. The number of nitrogens with zero attached hydrogens (tertiary/aromatic N) is 2. The maximum atomic E-state index is 6.36. The topological polar surface area (TPSA) is 12.9 Å². The molecule has 0 saturated carbocycles. The smallest absolute Gasteiger partial charge is 0.116 e. The van der Waals surface area contributed by atoms with Crippen LogP contribution in [0.25, 0.3) is 0 Å². The largest absolute Gasteiger partial charge is 0.316 e. The van der Waals surface area contributed by atoms with Gasteiger partial charge in [0.05, 0.1) is 18.6 Å². The van der Waals surface area contributed by atoms with Crippen molar-refractivity contribution < 1.29 is 4.48 Å². The van der Waals surface area contributed by atoms with Gasteiger partial charge in [-0.3, -0.25) is 4.98 Å². The molecule has 0 amide bonds. The van der Waals surface area contributed by atoms with E-state index in [1.807, 2.05) is 36.7 Å². The van der Waals surface area contributed by atoms with Crippen LogP contribution in [0, 0.1) is 0 Å². The molecule has 0 N–H and O–H groups in total. The predicted octanol–water partition coefficient (Wildman–Crippen LogP) is 4.87. The molecule has 1 aromatic heterocycles. The SMILES string of the molecule is C[N+]1(Cc2ccc(Cl)cc2Cl)CCC[C@H]1c1cccnc1. The molecule has 1 saturated heterocycles. The molecule has 1 fully saturated rings. The molecule has 2 heterocycles. The van der Waals surface area contributed by atoms with Crippen LogP contribution in [0.5, 0.6) is 0 Å². The predicted molar refractivity (Wildman–Crippen MR) is 87.4 cm³/mol. The van der Waals surface area contributed by atoms with Crippen molar-refractivity contribution in [2.75, 3.05) is 13.6 Å². The molecule has 2 nitrogen and oxygen atoms in total. The van der Waals surface area contributed by atoms with Gasteiger partial charge in [0.25, 0.3) is 0 Å². The van der Waals surface area contributed by atoms with E-state index in [2.05, 4.69) is 18.1 Å². The second-order valence-corrected chi connectivity index (χ2v) is 6.88. The monoisotopic (exact) mass is 321 g/mol. The summed E-state index contributed by atoms with van der Waals surface area (Å²) < 4.78 is 0.979. The van der Waals surface area contributed by atoms with Gasteiger partial charge in [-0.2, -0.15) is 0 Å². The Morgan fingerprint density at radius 1 is 1.29 bits per heavy atom. The van der Waals surface area contributed by atoms with E-state index in [4.69, 9.17) is 23.2 Å². The van der Waals surface area contributed by atoms with Crippen molar-refractivity contribution in [1.82, 2.24) is 4.98 Å². The van der Waals surface area contributed by atoms with Crippen LogP contribution in [0.2, 0.25) is 10.0 Å². The van der Waals surface area contributed by atoms with E-state index in [9.17, 15) is 0 Å². The van der Waals surface area contributed by atoms with Crippen molar-refractivity contribution in [3.05, 3.63) is 63.9 Å². The first-order valence-electron chi connectivity index (χ1n) is 7.26. The fourth-order valence-electron chi connectivity index (χ4n) is 3.44. The normalized spacial score (nSPS) is 25.2. The first kappa shape index (κ1) is 14.8. The van der Waals surface area contributed by atoms with E-state index >= 15 is 0 Å². The fraction of sp³-hybridized carbons (Fsp3) is 0.353. The molecule has 110 valence electrons. The Morgan fingerprint density at radius 2 is 2.14 bits per heavy atom. The quantitative estimate of drug-likeness (QED) is 0.735. The van der Waals surface area contributed by atoms with Gasteiger partial charge in [0.1, 0.15) is 12.6 Å². The molecular formula is C17H19Cl2N2+. The summed E-state index contributed by atoms with van der Waals surface area (Å²) in [5.74, 6) is 0. The van der Waals surface area contributed by atoms with Crippen molar-refractivity contribution in [2.24, 2.45) is 0 Å². The second kappa shape index (κ2) is 5.96. The number of rotatable bonds is 3. The minimum Gasteiger partial charge on any atom is -0.316 e. The van der Waals surface area contributed by atoms with Gasteiger partial charge in [-0.15, -0.1) is 0 Å². The molecule has 0 spiro atoms. The van der Waals surface area contributed by atoms with E-state index in [1.54, 1.807) is 0 Å². The van der Waals surface area contributed by atoms with Gasteiger partial charge in [0.2, 0.25) is 0 Å². The molecule has 1 aliphatic rings. The Balaban J connectivity index is 1.88. The van der Waals surface area contributed by atoms with E-state index in [0.29, 0.717) is 11.1 Å². The van der Waals surface area contributed by atoms with Gasteiger partial charge in [-0.05, 0) is 18.2 Å². The van der Waals surface area contributed by atoms with Crippen molar-refractivity contribution in [1.29, 1.82) is 0 Å². The first-order valence-corrected chi connectivity index (χ1v) is 8.02. The lowest BCUT2D eigenvalue weighted by Crippen LogP contribution is -2.42. The summed E-state index contributed by atoms with van der Waals surface area (Å²) in [5, 5.41) is 1.45. The summed E-state index contributed by atoms with van der Waals surface area (Å²) >= 11 is 12.4. The highest BCUT2D eigenvalue weighted by Crippen LogP contribution is 2.39. The minimum absolute atomic E-state index is 0.491. The zero-order valence-electron chi connectivity index (χ0n) is 12.1. The van der Waals surface area contributed by atoms with Gasteiger partial charge in [0, 0.05) is 41.4 Å². The molecule has 0 aliphatic carbocycles. The van der Waals surface area contributed by atoms with Crippen molar-refractivity contribution in [3.63, 3.8) is 0 Å². The van der Waals surface area contributed by atoms with Crippen LogP contribution in [0.15, 0.2) is 42.7 Å². The third-order valence-electron chi connectivity index (χ3n) is 4.51. The van der Waals surface area contributed by atoms with Crippen molar-refractivity contribution in [2.45, 2.75) is 25.4 Å². The van der Waals surface area contributed by atoms with E-state index in [-0.39, 0.29) is 0 Å². The molecule has 3 rings (SSSR count). The molecule has 4 heteroatoms. The average Bonchev–Trinajstić information content (AvgIpc) is 2.85. The third-order valence-corrected chi connectivity index (χ3v) is 5.10. The summed E-state index contributed by atoms with van der Waals surface area (Å²) in [6.07, 6.45) is 6.27. The highest BCUT2D eigenvalue weighted by molar-refractivity contribution is 6.35. The maximum absolute atomic E-state index is 6.36. The highest BCUT2D eigenvalue weighted by atomic mass is 35.5. The number of likely N-dealkylation sites (tertiary alicyclic amines) is 1. The zero-order valence-corrected chi connectivity index (χ0v) is 13.6. The molecule has 21 heavy (non-hydrogen) atoms. The lowest BCUT2D eigenvalue weighted by atomic mass is 10.0. The van der Waals surface area contributed by atoms with E-state index in [0.717, 1.165) is 16.1 Å². The number of pyridine rings is 1. The molecule has 0 radical (unpaired) electrons. The van der Waals surface area contributed by atoms with Gasteiger partial charge in [-0.25, -0.2) is 0 Å². The number of quaternary nitrogens is 1. The molecule has 1 unspecified atom stereocenters. The number of benzene rings is 1. The second-order valence-electron chi connectivity index (χ2n) is 6.04. The summed E-state index contributed by atoms with van der Waals surface area (Å²) in [7, 11) is 2.32. The van der Waals surface area contributed by atoms with Gasteiger partial charge in [0.15, 0.2) is 0 Å². The molecular weight excluding hydrogens is 303 g/mol. The van der Waals surface area contributed by atoms with Crippen LogP contribution < -0.4 is 0 Å². The Labute approximate surface area is 135 Å². The number of hydrogen-bond donors (Lipinski definition) is 0. The van der Waals surface area contributed by atoms with Crippen LogP contribution in [0.3, 0.4) is 0 Å². The molecule has 2 atom stereocenters. The highest BCUT2D eigenvalue weighted by Gasteiger charge is 2.39. The zero-order chi connectivity index (χ0) is 14.9. The lowest BCUT2D eigenvalue weighted by Gasteiger charge is -2.36. The summed E-state index contributed by atoms with van der Waals surface area (Å²) in [6, 6.07) is 10.5. The summed E-state index contributed by atoms with van der Waals surface area (Å²) in [4.78, 5) is 4.28. The molecule has 1 aliphatic heterocycles. The van der Waals surface area contributed by atoms with Crippen LogP contribution in [-0.2, 0) is 6.54 Å². The van der Waals surface area contributed by atoms with E-state index in [1.165, 1.54) is 30.5 Å². The van der Waals surface area contributed by atoms with E-state index < -0.39 is 0 Å². The average molecular weight is 322 g/mol. The van der Waals surface area contributed by atoms with Crippen LogP contribution >= 0.6 is 23.2 Å².